The van der Waals surface area contributed by atoms with E-state index < -0.39 is 0 Å². The van der Waals surface area contributed by atoms with Gasteiger partial charge in [0.25, 0.3) is 0 Å². The summed E-state index contributed by atoms with van der Waals surface area (Å²) in [6.07, 6.45) is 3.70. The van der Waals surface area contributed by atoms with Gasteiger partial charge in [-0.05, 0) is 62.7 Å². The van der Waals surface area contributed by atoms with Crippen LogP contribution in [0, 0.1) is 6.92 Å². The highest BCUT2D eigenvalue weighted by Crippen LogP contribution is 2.31. The van der Waals surface area contributed by atoms with Crippen molar-refractivity contribution in [3.8, 4) is 17.2 Å². The number of aryl methyl sites for hydroxylation is 1. The lowest BCUT2D eigenvalue weighted by Crippen LogP contribution is -2.95. The SMILES string of the molecule is Cc1ccc(OCCC(=O)[NH2+]C(Cc2ccc3c(c2)OCCO3)CN2CCCC2)cc1. The highest BCUT2D eigenvalue weighted by Gasteiger charge is 2.24. The minimum Gasteiger partial charge on any atom is -0.493 e. The largest absolute Gasteiger partial charge is 0.493 e. The van der Waals surface area contributed by atoms with Crippen molar-refractivity contribution in [3.05, 3.63) is 53.6 Å². The predicted octanol–water partition coefficient (Wildman–Crippen LogP) is 2.33. The molecule has 1 amide bonds. The number of carbonyl (C=O) groups is 1. The maximum atomic E-state index is 12.7. The van der Waals surface area contributed by atoms with Crippen molar-refractivity contribution < 1.29 is 24.3 Å². The Kier molecular flexibility index (Phi) is 7.43. The summed E-state index contributed by atoms with van der Waals surface area (Å²) in [4.78, 5) is 15.2. The summed E-state index contributed by atoms with van der Waals surface area (Å²) in [5, 5.41) is 1.91. The molecule has 6 nitrogen and oxygen atoms in total. The molecule has 1 saturated heterocycles. The number of nitrogens with two attached hydrogens (primary N) is 1. The first kappa shape index (κ1) is 21.7. The Hall–Kier alpha value is -2.57. The van der Waals surface area contributed by atoms with Crippen LogP contribution in [0.2, 0.25) is 0 Å². The van der Waals surface area contributed by atoms with Crippen LogP contribution in [-0.2, 0) is 11.2 Å². The number of rotatable bonds is 9. The van der Waals surface area contributed by atoms with E-state index in [2.05, 4.69) is 17.0 Å². The molecule has 2 aromatic rings. The van der Waals surface area contributed by atoms with Gasteiger partial charge in [-0.2, -0.15) is 0 Å². The van der Waals surface area contributed by atoms with Crippen molar-refractivity contribution in [3.63, 3.8) is 0 Å². The summed E-state index contributed by atoms with van der Waals surface area (Å²) in [6, 6.07) is 14.2. The zero-order valence-electron chi connectivity index (χ0n) is 18.3. The number of likely N-dealkylation sites (tertiary alicyclic amines) is 1. The lowest BCUT2D eigenvalue weighted by molar-refractivity contribution is -0.606. The van der Waals surface area contributed by atoms with Crippen LogP contribution < -0.4 is 19.5 Å². The highest BCUT2D eigenvalue weighted by atomic mass is 16.6. The summed E-state index contributed by atoms with van der Waals surface area (Å²) in [7, 11) is 0. The van der Waals surface area contributed by atoms with E-state index in [0.717, 1.165) is 43.3 Å². The molecular formula is C25H33N2O4+. The molecule has 1 unspecified atom stereocenters. The van der Waals surface area contributed by atoms with E-state index in [1.165, 1.54) is 24.0 Å². The summed E-state index contributed by atoms with van der Waals surface area (Å²) in [5.74, 6) is 2.57. The first-order valence-electron chi connectivity index (χ1n) is 11.3. The maximum absolute atomic E-state index is 12.7. The molecule has 0 aromatic heterocycles. The van der Waals surface area contributed by atoms with Gasteiger partial charge in [-0.25, -0.2) is 4.79 Å². The zero-order valence-corrected chi connectivity index (χ0v) is 18.3. The molecule has 1 atom stereocenters. The number of quaternary nitrogens is 1. The smallest absolute Gasteiger partial charge is 0.314 e. The molecule has 0 aliphatic carbocycles. The molecule has 2 N–H and O–H groups in total. The van der Waals surface area contributed by atoms with Gasteiger partial charge in [0.1, 0.15) is 31.6 Å². The van der Waals surface area contributed by atoms with Gasteiger partial charge in [-0.3, -0.25) is 10.2 Å². The molecule has 2 heterocycles. The average molecular weight is 426 g/mol. The van der Waals surface area contributed by atoms with Gasteiger partial charge in [0, 0.05) is 6.42 Å². The fourth-order valence-corrected chi connectivity index (χ4v) is 4.24. The molecule has 1 fully saturated rings. The third-order valence-corrected chi connectivity index (χ3v) is 5.86. The molecular weight excluding hydrogens is 392 g/mol. The number of primary amides is 1. The second-order valence-electron chi connectivity index (χ2n) is 8.49. The Labute approximate surface area is 184 Å². The molecule has 6 heteroatoms. The minimum absolute atomic E-state index is 0.147. The van der Waals surface area contributed by atoms with Crippen LogP contribution in [0.1, 0.15) is 30.4 Å². The van der Waals surface area contributed by atoms with Gasteiger partial charge in [0.2, 0.25) is 0 Å². The third-order valence-electron chi connectivity index (χ3n) is 5.86. The van der Waals surface area contributed by atoms with Crippen molar-refractivity contribution in [1.29, 1.82) is 0 Å². The summed E-state index contributed by atoms with van der Waals surface area (Å²) < 4.78 is 17.1. The molecule has 0 bridgehead atoms. The van der Waals surface area contributed by atoms with Gasteiger partial charge in [0.15, 0.2) is 11.5 Å². The summed E-state index contributed by atoms with van der Waals surface area (Å²) in [6.45, 7) is 6.78. The fraction of sp³-hybridized carbons (Fsp3) is 0.480. The number of nitrogens with zero attached hydrogens (tertiary/aromatic N) is 1. The van der Waals surface area contributed by atoms with Crippen LogP contribution in [0.3, 0.4) is 0 Å². The molecule has 166 valence electrons. The van der Waals surface area contributed by atoms with Crippen molar-refractivity contribution >= 4 is 5.91 Å². The number of benzene rings is 2. The van der Waals surface area contributed by atoms with Crippen LogP contribution in [0.15, 0.2) is 42.5 Å². The quantitative estimate of drug-likeness (QED) is 0.668. The van der Waals surface area contributed by atoms with Gasteiger partial charge < -0.3 is 14.2 Å². The zero-order chi connectivity index (χ0) is 21.5. The first-order chi connectivity index (χ1) is 15.2. The number of ether oxygens (including phenoxy) is 3. The van der Waals surface area contributed by atoms with Crippen LogP contribution in [0.5, 0.6) is 17.2 Å². The Morgan fingerprint density at radius 2 is 1.81 bits per heavy atom. The Bertz CT molecular complexity index is 862. The molecule has 0 saturated carbocycles. The van der Waals surface area contributed by atoms with Crippen LogP contribution in [0.4, 0.5) is 0 Å². The molecule has 0 spiro atoms. The Morgan fingerprint density at radius 3 is 2.58 bits per heavy atom. The first-order valence-corrected chi connectivity index (χ1v) is 11.3. The summed E-state index contributed by atoms with van der Waals surface area (Å²) >= 11 is 0. The highest BCUT2D eigenvalue weighted by molar-refractivity contribution is 5.65. The van der Waals surface area contributed by atoms with Crippen LogP contribution >= 0.6 is 0 Å². The number of carbonyl (C=O) groups excluding carboxylic acids is 1. The predicted molar refractivity (Wildman–Crippen MR) is 119 cm³/mol. The monoisotopic (exact) mass is 425 g/mol. The minimum atomic E-state index is 0.147. The number of hydrogen-bond donors (Lipinski definition) is 1. The van der Waals surface area contributed by atoms with Crippen molar-refractivity contribution in [2.45, 2.75) is 38.6 Å². The topological polar surface area (TPSA) is 64.6 Å². The Balaban J connectivity index is 1.32. The molecule has 0 radical (unpaired) electrons. The van der Waals surface area contributed by atoms with E-state index in [0.29, 0.717) is 26.2 Å². The molecule has 31 heavy (non-hydrogen) atoms. The number of amides is 1. The number of fused-ring (bicyclic) bond motifs is 1. The van der Waals surface area contributed by atoms with Gasteiger partial charge in [0.05, 0.1) is 13.0 Å². The van der Waals surface area contributed by atoms with Crippen LogP contribution in [0.25, 0.3) is 0 Å². The summed E-state index contributed by atoms with van der Waals surface area (Å²) in [5.41, 5.74) is 2.37. The number of hydrogen-bond acceptors (Lipinski definition) is 5. The van der Waals surface area contributed by atoms with E-state index in [4.69, 9.17) is 14.2 Å². The molecule has 2 aromatic carbocycles. The lowest BCUT2D eigenvalue weighted by Gasteiger charge is -2.23. The van der Waals surface area contributed by atoms with E-state index in [-0.39, 0.29) is 11.9 Å². The van der Waals surface area contributed by atoms with E-state index >= 15 is 0 Å². The average Bonchev–Trinajstić information content (AvgIpc) is 3.28. The Morgan fingerprint density at radius 1 is 1.06 bits per heavy atom. The molecule has 4 rings (SSSR count). The normalized spacial score (nSPS) is 16.8. The second-order valence-corrected chi connectivity index (χ2v) is 8.49. The molecule has 2 aliphatic heterocycles. The third kappa shape index (κ3) is 6.45. The molecule has 2 aliphatic rings. The van der Waals surface area contributed by atoms with Crippen LogP contribution in [-0.4, -0.2) is 56.3 Å². The lowest BCUT2D eigenvalue weighted by atomic mass is 10.0. The standard InChI is InChI=1S/C25H32N2O4/c1-19-4-7-22(8-5-19)29-13-10-25(28)26-21(18-27-11-2-3-12-27)16-20-6-9-23-24(17-20)31-15-14-30-23/h4-9,17,21H,2-3,10-16,18H2,1H3,(H,26,28)/p+1. The second kappa shape index (κ2) is 10.6. The van der Waals surface area contributed by atoms with Crippen molar-refractivity contribution in [1.82, 2.24) is 4.90 Å². The van der Waals surface area contributed by atoms with Gasteiger partial charge >= 0.3 is 5.91 Å². The van der Waals surface area contributed by atoms with Crippen molar-refractivity contribution in [2.75, 3.05) is 39.5 Å². The maximum Gasteiger partial charge on any atom is 0.314 e. The van der Waals surface area contributed by atoms with E-state index in [9.17, 15) is 4.79 Å². The van der Waals surface area contributed by atoms with Gasteiger partial charge in [-0.1, -0.05) is 23.8 Å². The van der Waals surface area contributed by atoms with Crippen molar-refractivity contribution in [2.24, 2.45) is 0 Å². The van der Waals surface area contributed by atoms with E-state index in [1.54, 1.807) is 0 Å². The fourth-order valence-electron chi connectivity index (χ4n) is 4.24. The van der Waals surface area contributed by atoms with Gasteiger partial charge in [-0.15, -0.1) is 0 Å². The van der Waals surface area contributed by atoms with E-state index in [1.807, 2.05) is 42.6 Å².